The molecule has 1 fully saturated rings. The highest BCUT2D eigenvalue weighted by Gasteiger charge is 2.21. The summed E-state index contributed by atoms with van der Waals surface area (Å²) in [4.78, 5) is 12.1. The van der Waals surface area contributed by atoms with Gasteiger partial charge in [0.15, 0.2) is 0 Å². The topological polar surface area (TPSA) is 41.1 Å². The molecule has 1 aliphatic rings. The number of para-hydroxylation sites is 1. The molecule has 2 rings (SSSR count). The molecule has 0 spiro atoms. The van der Waals surface area contributed by atoms with Crippen molar-refractivity contribution in [3.8, 4) is 0 Å². The summed E-state index contributed by atoms with van der Waals surface area (Å²) in [6.07, 6.45) is 4.47. The first-order valence-corrected chi connectivity index (χ1v) is 7.03. The summed E-state index contributed by atoms with van der Waals surface area (Å²) in [5.41, 5.74) is 0.706. The fourth-order valence-electron chi connectivity index (χ4n) is 2.03. The minimum Gasteiger partial charge on any atom is -0.382 e. The number of hydrogen-bond donors (Lipinski definition) is 2. The molecule has 1 aromatic carbocycles. The van der Waals surface area contributed by atoms with Crippen molar-refractivity contribution >= 4 is 11.6 Å². The second-order valence-electron chi connectivity index (χ2n) is 5.08. The Morgan fingerprint density at radius 1 is 1.37 bits per heavy atom. The molecule has 1 amide bonds. The number of halogens is 1. The van der Waals surface area contributed by atoms with E-state index in [4.69, 9.17) is 0 Å². The van der Waals surface area contributed by atoms with Gasteiger partial charge < -0.3 is 10.6 Å². The summed E-state index contributed by atoms with van der Waals surface area (Å²) in [7, 11) is 0. The Hall–Kier alpha value is -1.58. The lowest BCUT2D eigenvalue weighted by molar-refractivity contribution is 0.0953. The Labute approximate surface area is 113 Å². The van der Waals surface area contributed by atoms with Gasteiger partial charge in [0, 0.05) is 13.1 Å². The van der Waals surface area contributed by atoms with E-state index in [0.29, 0.717) is 24.3 Å². The zero-order valence-electron chi connectivity index (χ0n) is 11.3. The molecule has 1 saturated carbocycles. The maximum atomic E-state index is 13.8. The molecule has 0 saturated heterocycles. The van der Waals surface area contributed by atoms with E-state index < -0.39 is 0 Å². The van der Waals surface area contributed by atoms with Gasteiger partial charge in [0.05, 0.1) is 11.3 Å². The number of carbonyl (C=O) groups is 1. The summed E-state index contributed by atoms with van der Waals surface area (Å²) in [5, 5.41) is 5.86. The van der Waals surface area contributed by atoms with Crippen LogP contribution in [0.4, 0.5) is 10.1 Å². The first-order chi connectivity index (χ1) is 9.22. The minimum atomic E-state index is -0.372. The number of carbonyl (C=O) groups excluding carboxylic acids is 1. The number of amides is 1. The van der Waals surface area contributed by atoms with Gasteiger partial charge >= 0.3 is 0 Å². The molecule has 0 unspecified atom stereocenters. The molecule has 0 radical (unpaired) electrons. The second kappa shape index (κ2) is 6.55. The van der Waals surface area contributed by atoms with Crippen molar-refractivity contribution in [2.24, 2.45) is 5.92 Å². The van der Waals surface area contributed by atoms with Gasteiger partial charge in [-0.25, -0.2) is 4.39 Å². The highest BCUT2D eigenvalue weighted by atomic mass is 19.1. The molecule has 1 aromatic rings. The summed E-state index contributed by atoms with van der Waals surface area (Å²) in [6.45, 7) is 3.33. The lowest BCUT2D eigenvalue weighted by atomic mass is 10.1. The van der Waals surface area contributed by atoms with Gasteiger partial charge in [0.25, 0.3) is 5.91 Å². The molecule has 0 bridgehead atoms. The van der Waals surface area contributed by atoms with E-state index in [1.54, 1.807) is 12.1 Å². The molecule has 1 aliphatic carbocycles. The first-order valence-electron chi connectivity index (χ1n) is 7.03. The Balaban J connectivity index is 1.99. The van der Waals surface area contributed by atoms with Crippen LogP contribution in [0.15, 0.2) is 18.2 Å². The molecular formula is C15H21FN2O. The van der Waals surface area contributed by atoms with E-state index in [-0.39, 0.29) is 11.7 Å². The molecule has 2 N–H and O–H groups in total. The first kappa shape index (κ1) is 13.8. The Bertz CT molecular complexity index is 444. The summed E-state index contributed by atoms with van der Waals surface area (Å²) < 4.78 is 13.8. The fourth-order valence-corrected chi connectivity index (χ4v) is 2.03. The van der Waals surface area contributed by atoms with Gasteiger partial charge in [-0.05, 0) is 30.9 Å². The molecule has 19 heavy (non-hydrogen) atoms. The average Bonchev–Trinajstić information content (AvgIpc) is 3.21. The maximum Gasteiger partial charge on any atom is 0.253 e. The van der Waals surface area contributed by atoms with Crippen molar-refractivity contribution in [2.75, 3.05) is 18.4 Å². The van der Waals surface area contributed by atoms with Crippen LogP contribution >= 0.6 is 0 Å². The number of hydrogen-bond acceptors (Lipinski definition) is 2. The van der Waals surface area contributed by atoms with Crippen LogP contribution in [0, 0.1) is 11.7 Å². The van der Waals surface area contributed by atoms with Crippen molar-refractivity contribution in [2.45, 2.75) is 32.6 Å². The lowest BCUT2D eigenvalue weighted by Gasteiger charge is -2.12. The van der Waals surface area contributed by atoms with Crippen LogP contribution < -0.4 is 10.6 Å². The van der Waals surface area contributed by atoms with Crippen molar-refractivity contribution < 1.29 is 9.18 Å². The average molecular weight is 264 g/mol. The van der Waals surface area contributed by atoms with Gasteiger partial charge in [-0.15, -0.1) is 0 Å². The standard InChI is InChI=1S/C15H21FN2O/c1-2-9-17-14-12(4-3-5-13(14)16)15(19)18-10-8-11-6-7-11/h3-5,11,17H,2,6-10H2,1H3,(H,18,19). The number of anilines is 1. The van der Waals surface area contributed by atoms with E-state index in [1.807, 2.05) is 6.92 Å². The van der Waals surface area contributed by atoms with Gasteiger partial charge in [0.2, 0.25) is 0 Å². The summed E-state index contributed by atoms with van der Waals surface area (Å²) in [6, 6.07) is 4.61. The molecule has 0 aliphatic heterocycles. The highest BCUT2D eigenvalue weighted by Crippen LogP contribution is 2.31. The fraction of sp³-hybridized carbons (Fsp3) is 0.533. The van der Waals surface area contributed by atoms with Crippen LogP contribution in [0.3, 0.4) is 0 Å². The van der Waals surface area contributed by atoms with Crippen LogP contribution in [0.25, 0.3) is 0 Å². The van der Waals surface area contributed by atoms with E-state index in [0.717, 1.165) is 18.8 Å². The second-order valence-corrected chi connectivity index (χ2v) is 5.08. The van der Waals surface area contributed by atoms with Gasteiger partial charge in [-0.2, -0.15) is 0 Å². The molecule has 0 heterocycles. The van der Waals surface area contributed by atoms with E-state index in [1.165, 1.54) is 18.9 Å². The van der Waals surface area contributed by atoms with Crippen molar-refractivity contribution in [3.63, 3.8) is 0 Å². The molecule has 104 valence electrons. The molecule has 0 atom stereocenters. The Morgan fingerprint density at radius 3 is 2.84 bits per heavy atom. The Kier molecular flexibility index (Phi) is 4.77. The normalized spacial score (nSPS) is 14.2. The van der Waals surface area contributed by atoms with Crippen LogP contribution in [-0.4, -0.2) is 19.0 Å². The van der Waals surface area contributed by atoms with E-state index in [9.17, 15) is 9.18 Å². The zero-order chi connectivity index (χ0) is 13.7. The number of benzene rings is 1. The smallest absolute Gasteiger partial charge is 0.253 e. The van der Waals surface area contributed by atoms with E-state index in [2.05, 4.69) is 10.6 Å². The SMILES string of the molecule is CCCNc1c(F)cccc1C(=O)NCCC1CC1. The van der Waals surface area contributed by atoms with E-state index >= 15 is 0 Å². The predicted octanol–water partition coefficient (Wildman–Crippen LogP) is 3.18. The Morgan fingerprint density at radius 2 is 2.16 bits per heavy atom. The van der Waals surface area contributed by atoms with Crippen molar-refractivity contribution in [3.05, 3.63) is 29.6 Å². The van der Waals surface area contributed by atoms with Gasteiger partial charge in [0.1, 0.15) is 5.82 Å². The maximum absolute atomic E-state index is 13.8. The van der Waals surface area contributed by atoms with Gasteiger partial charge in [-0.1, -0.05) is 25.8 Å². The van der Waals surface area contributed by atoms with Crippen LogP contribution in [-0.2, 0) is 0 Å². The van der Waals surface area contributed by atoms with Crippen molar-refractivity contribution in [1.82, 2.24) is 5.32 Å². The largest absolute Gasteiger partial charge is 0.382 e. The lowest BCUT2D eigenvalue weighted by Crippen LogP contribution is -2.26. The molecule has 4 heteroatoms. The third-order valence-electron chi connectivity index (χ3n) is 3.35. The van der Waals surface area contributed by atoms with Crippen LogP contribution in [0.1, 0.15) is 43.0 Å². The quantitative estimate of drug-likeness (QED) is 0.794. The minimum absolute atomic E-state index is 0.196. The third kappa shape index (κ3) is 3.94. The summed E-state index contributed by atoms with van der Waals surface area (Å²) >= 11 is 0. The van der Waals surface area contributed by atoms with Crippen molar-refractivity contribution in [1.29, 1.82) is 0 Å². The zero-order valence-corrected chi connectivity index (χ0v) is 11.3. The predicted molar refractivity (Wildman–Crippen MR) is 74.9 cm³/mol. The molecular weight excluding hydrogens is 243 g/mol. The summed E-state index contributed by atoms with van der Waals surface area (Å²) in [5.74, 6) is 0.215. The molecule has 0 aromatic heterocycles. The highest BCUT2D eigenvalue weighted by molar-refractivity contribution is 5.99. The third-order valence-corrected chi connectivity index (χ3v) is 3.35. The van der Waals surface area contributed by atoms with Gasteiger partial charge in [-0.3, -0.25) is 4.79 Å². The number of rotatable bonds is 7. The monoisotopic (exact) mass is 264 g/mol. The number of nitrogens with one attached hydrogen (secondary N) is 2. The van der Waals surface area contributed by atoms with Crippen LogP contribution in [0.2, 0.25) is 0 Å². The molecule has 3 nitrogen and oxygen atoms in total. The van der Waals surface area contributed by atoms with Crippen LogP contribution in [0.5, 0.6) is 0 Å².